The first-order valence-electron chi connectivity index (χ1n) is 7.75. The molecule has 0 aliphatic heterocycles. The second-order valence-corrected chi connectivity index (χ2v) is 6.48. The average Bonchev–Trinajstić information content (AvgIpc) is 2.47. The molecule has 21 heavy (non-hydrogen) atoms. The first-order chi connectivity index (χ1) is 9.97. The zero-order chi connectivity index (χ0) is 15.4. The molecular formula is C17H27NO3. The molecule has 1 aromatic rings. The largest absolute Gasteiger partial charge is 0.393 e. The lowest BCUT2D eigenvalue weighted by atomic mass is 9.81. The van der Waals surface area contributed by atoms with Crippen LogP contribution in [0.25, 0.3) is 0 Å². The summed E-state index contributed by atoms with van der Waals surface area (Å²) in [4.78, 5) is 2.09. The van der Waals surface area contributed by atoms with Crippen molar-refractivity contribution in [2.75, 3.05) is 14.1 Å². The van der Waals surface area contributed by atoms with Crippen molar-refractivity contribution in [1.29, 1.82) is 0 Å². The highest BCUT2D eigenvalue weighted by Gasteiger charge is 2.30. The Kier molecular flexibility index (Phi) is 5.76. The van der Waals surface area contributed by atoms with Crippen molar-refractivity contribution in [1.82, 2.24) is 4.90 Å². The van der Waals surface area contributed by atoms with E-state index in [9.17, 15) is 15.3 Å². The van der Waals surface area contributed by atoms with Crippen LogP contribution in [0, 0.1) is 5.92 Å². The Hall–Kier alpha value is -0.940. The molecule has 1 aliphatic rings. The summed E-state index contributed by atoms with van der Waals surface area (Å²) in [6.07, 6.45) is 1.15. The number of nitrogens with zero attached hydrogens (tertiary/aromatic N) is 1. The molecule has 4 heteroatoms. The maximum absolute atomic E-state index is 10.4. The summed E-state index contributed by atoms with van der Waals surface area (Å²) in [5, 5.41) is 30.2. The van der Waals surface area contributed by atoms with Gasteiger partial charge in [0, 0.05) is 6.54 Å². The Balaban J connectivity index is 1.96. The van der Waals surface area contributed by atoms with E-state index in [1.54, 1.807) is 0 Å². The number of rotatable bonds is 5. The van der Waals surface area contributed by atoms with Crippen molar-refractivity contribution < 1.29 is 15.3 Å². The smallest absolute Gasteiger partial charge is 0.105 e. The quantitative estimate of drug-likeness (QED) is 0.773. The van der Waals surface area contributed by atoms with E-state index in [0.717, 1.165) is 37.8 Å². The van der Waals surface area contributed by atoms with Gasteiger partial charge in [-0.05, 0) is 56.8 Å². The third-order valence-corrected chi connectivity index (χ3v) is 4.37. The van der Waals surface area contributed by atoms with Gasteiger partial charge in [0.25, 0.3) is 0 Å². The second-order valence-electron chi connectivity index (χ2n) is 6.48. The Morgan fingerprint density at radius 3 is 2.14 bits per heavy atom. The standard InChI is InChI=1S/C17H27NO3/c1-18(2)11-12-3-5-13(6-4-12)16(20)17(21)14-7-9-15(19)10-8-14/h3-6,14-17,19-21H,7-11H2,1-2H3. The molecule has 0 radical (unpaired) electrons. The van der Waals surface area contributed by atoms with Gasteiger partial charge < -0.3 is 20.2 Å². The molecule has 0 heterocycles. The summed E-state index contributed by atoms with van der Waals surface area (Å²) in [5.41, 5.74) is 1.95. The lowest BCUT2D eigenvalue weighted by Crippen LogP contribution is -2.32. The monoisotopic (exact) mass is 293 g/mol. The molecule has 0 spiro atoms. The van der Waals surface area contributed by atoms with Crippen LogP contribution in [0.2, 0.25) is 0 Å². The van der Waals surface area contributed by atoms with Crippen molar-refractivity contribution in [2.24, 2.45) is 5.92 Å². The van der Waals surface area contributed by atoms with Gasteiger partial charge in [-0.3, -0.25) is 0 Å². The van der Waals surface area contributed by atoms with Gasteiger partial charge in [-0.15, -0.1) is 0 Å². The minimum atomic E-state index is -0.848. The molecule has 1 fully saturated rings. The third kappa shape index (κ3) is 4.51. The van der Waals surface area contributed by atoms with E-state index in [0.29, 0.717) is 0 Å². The molecule has 0 aromatic heterocycles. The van der Waals surface area contributed by atoms with Gasteiger partial charge in [0.1, 0.15) is 6.10 Å². The highest BCUT2D eigenvalue weighted by molar-refractivity contribution is 5.25. The van der Waals surface area contributed by atoms with E-state index in [4.69, 9.17) is 0 Å². The highest BCUT2D eigenvalue weighted by atomic mass is 16.3. The van der Waals surface area contributed by atoms with Gasteiger partial charge in [-0.25, -0.2) is 0 Å². The topological polar surface area (TPSA) is 63.9 Å². The predicted molar refractivity (Wildman–Crippen MR) is 82.8 cm³/mol. The molecule has 2 unspecified atom stereocenters. The van der Waals surface area contributed by atoms with E-state index in [1.807, 2.05) is 38.4 Å². The molecule has 0 amide bonds. The number of hydrogen-bond donors (Lipinski definition) is 3. The van der Waals surface area contributed by atoms with E-state index >= 15 is 0 Å². The van der Waals surface area contributed by atoms with Crippen LogP contribution < -0.4 is 0 Å². The Bertz CT molecular complexity index is 424. The van der Waals surface area contributed by atoms with Crippen molar-refractivity contribution in [3.05, 3.63) is 35.4 Å². The van der Waals surface area contributed by atoms with E-state index in [2.05, 4.69) is 4.90 Å². The van der Waals surface area contributed by atoms with Crippen molar-refractivity contribution in [2.45, 2.75) is 50.5 Å². The fourth-order valence-electron chi connectivity index (χ4n) is 3.08. The van der Waals surface area contributed by atoms with E-state index in [-0.39, 0.29) is 12.0 Å². The van der Waals surface area contributed by atoms with Gasteiger partial charge in [0.2, 0.25) is 0 Å². The number of aliphatic hydroxyl groups is 3. The van der Waals surface area contributed by atoms with Gasteiger partial charge in [-0.2, -0.15) is 0 Å². The van der Waals surface area contributed by atoms with Crippen LogP contribution in [0.4, 0.5) is 0 Å². The summed E-state index contributed by atoms with van der Waals surface area (Å²) in [6.45, 7) is 0.861. The molecule has 1 aliphatic carbocycles. The van der Waals surface area contributed by atoms with Crippen LogP contribution in [0.1, 0.15) is 42.9 Å². The highest BCUT2D eigenvalue weighted by Crippen LogP contribution is 2.32. The normalized spacial score (nSPS) is 25.8. The molecule has 0 saturated heterocycles. The Labute approximate surface area is 127 Å². The summed E-state index contributed by atoms with van der Waals surface area (Å²) in [6, 6.07) is 7.78. The van der Waals surface area contributed by atoms with Crippen molar-refractivity contribution in [3.63, 3.8) is 0 Å². The van der Waals surface area contributed by atoms with Crippen LogP contribution in [-0.2, 0) is 6.54 Å². The van der Waals surface area contributed by atoms with Crippen LogP contribution in [0.15, 0.2) is 24.3 Å². The molecular weight excluding hydrogens is 266 g/mol. The molecule has 2 rings (SSSR count). The number of aliphatic hydroxyl groups excluding tert-OH is 3. The van der Waals surface area contributed by atoms with E-state index in [1.165, 1.54) is 5.56 Å². The van der Waals surface area contributed by atoms with Crippen LogP contribution in [-0.4, -0.2) is 46.5 Å². The summed E-state index contributed by atoms with van der Waals surface area (Å²) in [5.74, 6) is 0.0739. The predicted octanol–water partition coefficient (Wildman–Crippen LogP) is 1.69. The van der Waals surface area contributed by atoms with Gasteiger partial charge >= 0.3 is 0 Å². The van der Waals surface area contributed by atoms with Crippen LogP contribution >= 0.6 is 0 Å². The molecule has 2 atom stereocenters. The minimum absolute atomic E-state index is 0.0739. The lowest BCUT2D eigenvalue weighted by Gasteiger charge is -2.31. The van der Waals surface area contributed by atoms with Crippen molar-refractivity contribution >= 4 is 0 Å². The summed E-state index contributed by atoms with van der Waals surface area (Å²) >= 11 is 0. The Morgan fingerprint density at radius 2 is 1.62 bits per heavy atom. The number of hydrogen-bond acceptors (Lipinski definition) is 4. The molecule has 1 saturated carbocycles. The molecule has 118 valence electrons. The van der Waals surface area contributed by atoms with Gasteiger partial charge in [0.05, 0.1) is 12.2 Å². The van der Waals surface area contributed by atoms with Crippen LogP contribution in [0.3, 0.4) is 0 Å². The zero-order valence-corrected chi connectivity index (χ0v) is 12.9. The van der Waals surface area contributed by atoms with Crippen LogP contribution in [0.5, 0.6) is 0 Å². The van der Waals surface area contributed by atoms with Gasteiger partial charge in [-0.1, -0.05) is 24.3 Å². The number of benzene rings is 1. The second kappa shape index (κ2) is 7.36. The zero-order valence-electron chi connectivity index (χ0n) is 12.9. The lowest BCUT2D eigenvalue weighted by molar-refractivity contribution is -0.0396. The summed E-state index contributed by atoms with van der Waals surface area (Å²) < 4.78 is 0. The minimum Gasteiger partial charge on any atom is -0.393 e. The first kappa shape index (κ1) is 16.4. The SMILES string of the molecule is CN(C)Cc1ccc(C(O)C(O)C2CCC(O)CC2)cc1. The molecule has 1 aromatic carbocycles. The third-order valence-electron chi connectivity index (χ3n) is 4.37. The fraction of sp³-hybridized carbons (Fsp3) is 0.647. The molecule has 4 nitrogen and oxygen atoms in total. The Morgan fingerprint density at radius 1 is 1.05 bits per heavy atom. The van der Waals surface area contributed by atoms with Crippen molar-refractivity contribution in [3.8, 4) is 0 Å². The first-order valence-corrected chi connectivity index (χ1v) is 7.75. The maximum atomic E-state index is 10.4. The molecule has 0 bridgehead atoms. The molecule has 3 N–H and O–H groups in total. The average molecular weight is 293 g/mol. The van der Waals surface area contributed by atoms with E-state index < -0.39 is 12.2 Å². The fourth-order valence-corrected chi connectivity index (χ4v) is 3.08. The summed E-state index contributed by atoms with van der Waals surface area (Å²) in [7, 11) is 4.04. The van der Waals surface area contributed by atoms with Gasteiger partial charge in [0.15, 0.2) is 0 Å². The maximum Gasteiger partial charge on any atom is 0.105 e.